The monoisotopic (exact) mass is 291 g/mol. The molecule has 2 heterocycles. The molecule has 2 rings (SSSR count). The van der Waals surface area contributed by atoms with E-state index in [9.17, 15) is 9.18 Å². The van der Waals surface area contributed by atoms with Crippen LogP contribution in [0.25, 0.3) is 0 Å². The van der Waals surface area contributed by atoms with E-state index < -0.39 is 5.97 Å². The van der Waals surface area contributed by atoms with Crippen molar-refractivity contribution >= 4 is 35.4 Å². The zero-order valence-corrected chi connectivity index (χ0v) is 11.0. The molecule has 0 atom stereocenters. The summed E-state index contributed by atoms with van der Waals surface area (Å²) >= 11 is 1.02. The van der Waals surface area contributed by atoms with Crippen LogP contribution in [0.5, 0.6) is 0 Å². The molecule has 2 aromatic heterocycles. The third kappa shape index (κ3) is 2.99. The van der Waals surface area contributed by atoms with Gasteiger partial charge in [0, 0.05) is 18.5 Å². The maximum Gasteiger partial charge on any atom is 0.356 e. The Bertz CT molecular complexity index is 555. The van der Waals surface area contributed by atoms with E-state index >= 15 is 0 Å². The summed E-state index contributed by atoms with van der Waals surface area (Å²) in [6.07, 6.45) is 1.44. The van der Waals surface area contributed by atoms with Gasteiger partial charge in [0.15, 0.2) is 10.8 Å². The van der Waals surface area contributed by atoms with Crippen molar-refractivity contribution in [3.8, 4) is 0 Å². The highest BCUT2D eigenvalue weighted by molar-refractivity contribution is 7.10. The molecule has 0 aromatic carbocycles. The Labute approximate surface area is 113 Å². The first-order valence-corrected chi connectivity index (χ1v) is 5.63. The van der Waals surface area contributed by atoms with Crippen LogP contribution in [0.2, 0.25) is 0 Å². The maximum atomic E-state index is 12.7. The van der Waals surface area contributed by atoms with Crippen LogP contribution in [0.3, 0.4) is 0 Å². The van der Waals surface area contributed by atoms with Gasteiger partial charge in [-0.15, -0.1) is 23.7 Å². The number of aryl methyl sites for hydroxylation is 1. The lowest BCUT2D eigenvalue weighted by Gasteiger charge is -2.03. The number of carbonyl (C=O) groups is 1. The normalized spacial score (nSPS) is 9.89. The molecule has 5 nitrogen and oxygen atoms in total. The van der Waals surface area contributed by atoms with E-state index in [-0.39, 0.29) is 23.2 Å². The lowest BCUT2D eigenvalue weighted by atomic mass is 10.3. The van der Waals surface area contributed by atoms with E-state index in [4.69, 9.17) is 5.11 Å². The van der Waals surface area contributed by atoms with Crippen molar-refractivity contribution in [3.63, 3.8) is 0 Å². The van der Waals surface area contributed by atoms with Crippen molar-refractivity contribution in [2.45, 2.75) is 6.54 Å². The van der Waals surface area contributed by atoms with E-state index in [1.54, 1.807) is 13.1 Å². The molecule has 0 saturated carbocycles. The minimum absolute atomic E-state index is 0. The fourth-order valence-electron chi connectivity index (χ4n) is 1.45. The van der Waals surface area contributed by atoms with Gasteiger partial charge in [-0.2, -0.15) is 9.49 Å². The number of hydrogen-bond acceptors (Lipinski definition) is 4. The number of anilines is 1. The Hall–Kier alpha value is -1.60. The van der Waals surface area contributed by atoms with Gasteiger partial charge >= 0.3 is 5.97 Å². The van der Waals surface area contributed by atoms with Gasteiger partial charge in [-0.1, -0.05) is 0 Å². The van der Waals surface area contributed by atoms with Gasteiger partial charge < -0.3 is 10.4 Å². The molecule has 0 radical (unpaired) electrons. The van der Waals surface area contributed by atoms with Crippen LogP contribution in [-0.2, 0) is 13.6 Å². The minimum atomic E-state index is -1.05. The number of thiophene rings is 1. The van der Waals surface area contributed by atoms with Crippen molar-refractivity contribution in [1.82, 2.24) is 9.78 Å². The number of aromatic carboxylic acids is 1. The van der Waals surface area contributed by atoms with Crippen molar-refractivity contribution in [2.75, 3.05) is 5.32 Å². The summed E-state index contributed by atoms with van der Waals surface area (Å²) in [4.78, 5) is 11.8. The van der Waals surface area contributed by atoms with E-state index in [2.05, 4.69) is 10.4 Å². The molecule has 8 heteroatoms. The standard InChI is InChI=1S/C10H10FN3O2S.ClH/c1-14-9(10(15)16)7(5-13-14)12-4-6-2-3-8(11)17-6;/h2-3,5,12H,4H2,1H3,(H,15,16);1H. The number of carboxylic acid groups (broad SMARTS) is 1. The number of aromatic nitrogens is 2. The van der Waals surface area contributed by atoms with E-state index in [0.29, 0.717) is 12.2 Å². The Morgan fingerprint density at radius 2 is 2.33 bits per heavy atom. The van der Waals surface area contributed by atoms with Gasteiger partial charge in [-0.05, 0) is 12.1 Å². The number of nitrogens with one attached hydrogen (secondary N) is 1. The van der Waals surface area contributed by atoms with Crippen LogP contribution in [-0.4, -0.2) is 20.9 Å². The molecular formula is C10H11ClFN3O2S. The Morgan fingerprint density at radius 1 is 1.61 bits per heavy atom. The van der Waals surface area contributed by atoms with Crippen LogP contribution in [0, 0.1) is 5.13 Å². The topological polar surface area (TPSA) is 67.2 Å². The average molecular weight is 292 g/mol. The maximum absolute atomic E-state index is 12.7. The molecule has 0 bridgehead atoms. The van der Waals surface area contributed by atoms with Crippen LogP contribution < -0.4 is 5.32 Å². The Morgan fingerprint density at radius 3 is 2.89 bits per heavy atom. The fourth-order valence-corrected chi connectivity index (χ4v) is 2.12. The van der Waals surface area contributed by atoms with Crippen LogP contribution >= 0.6 is 23.7 Å². The molecule has 0 aliphatic rings. The Balaban J connectivity index is 0.00000162. The SMILES string of the molecule is Cl.Cn1ncc(NCc2ccc(F)s2)c1C(=O)O. The first-order valence-electron chi connectivity index (χ1n) is 4.81. The largest absolute Gasteiger partial charge is 0.476 e. The molecule has 98 valence electrons. The Kier molecular flexibility index (Phi) is 4.69. The number of carboxylic acids is 1. The van der Waals surface area contributed by atoms with Crippen molar-refractivity contribution in [3.05, 3.63) is 34.0 Å². The van der Waals surface area contributed by atoms with E-state index in [0.717, 1.165) is 16.2 Å². The highest BCUT2D eigenvalue weighted by atomic mass is 35.5. The summed E-state index contributed by atoms with van der Waals surface area (Å²) in [6.45, 7) is 0.376. The van der Waals surface area contributed by atoms with Crippen molar-refractivity contribution in [2.24, 2.45) is 7.05 Å². The fraction of sp³-hybridized carbons (Fsp3) is 0.200. The number of hydrogen-bond donors (Lipinski definition) is 2. The molecule has 0 amide bonds. The number of nitrogens with zero attached hydrogens (tertiary/aromatic N) is 2. The number of halogens is 2. The van der Waals surface area contributed by atoms with E-state index in [1.165, 1.54) is 16.9 Å². The average Bonchev–Trinajstić information content (AvgIpc) is 2.82. The highest BCUT2D eigenvalue weighted by Crippen LogP contribution is 2.18. The zero-order chi connectivity index (χ0) is 12.4. The first kappa shape index (κ1) is 14.5. The molecule has 2 aromatic rings. The minimum Gasteiger partial charge on any atom is -0.476 e. The molecule has 0 fully saturated rings. The molecular weight excluding hydrogens is 281 g/mol. The predicted molar refractivity (Wildman–Crippen MR) is 69.0 cm³/mol. The highest BCUT2D eigenvalue weighted by Gasteiger charge is 2.15. The zero-order valence-electron chi connectivity index (χ0n) is 9.38. The first-order chi connectivity index (χ1) is 8.08. The lowest BCUT2D eigenvalue weighted by molar-refractivity contribution is 0.0686. The summed E-state index contributed by atoms with van der Waals surface area (Å²) in [5.41, 5.74) is 0.510. The van der Waals surface area contributed by atoms with Gasteiger partial charge in [0.2, 0.25) is 0 Å². The summed E-state index contributed by atoms with van der Waals surface area (Å²) in [7, 11) is 1.56. The summed E-state index contributed by atoms with van der Waals surface area (Å²) in [5, 5.41) is 15.5. The third-order valence-corrected chi connectivity index (χ3v) is 3.10. The quantitative estimate of drug-likeness (QED) is 0.907. The molecule has 0 aliphatic heterocycles. The van der Waals surface area contributed by atoms with Crippen LogP contribution in [0.4, 0.5) is 10.1 Å². The summed E-state index contributed by atoms with van der Waals surface area (Å²) in [5.74, 6) is -1.05. The van der Waals surface area contributed by atoms with Gasteiger partial charge in [-0.3, -0.25) is 4.68 Å². The lowest BCUT2D eigenvalue weighted by Crippen LogP contribution is -2.09. The molecule has 0 spiro atoms. The van der Waals surface area contributed by atoms with E-state index in [1.807, 2.05) is 0 Å². The van der Waals surface area contributed by atoms with Gasteiger partial charge in [0.25, 0.3) is 0 Å². The molecule has 18 heavy (non-hydrogen) atoms. The van der Waals surface area contributed by atoms with Crippen LogP contribution in [0.15, 0.2) is 18.3 Å². The van der Waals surface area contributed by atoms with Crippen molar-refractivity contribution < 1.29 is 14.3 Å². The molecule has 0 aliphatic carbocycles. The summed E-state index contributed by atoms with van der Waals surface area (Å²) < 4.78 is 14.0. The second-order valence-corrected chi connectivity index (χ2v) is 4.51. The smallest absolute Gasteiger partial charge is 0.356 e. The second-order valence-electron chi connectivity index (χ2n) is 3.39. The molecule has 0 saturated heterocycles. The second kappa shape index (κ2) is 5.83. The molecule has 0 unspecified atom stereocenters. The predicted octanol–water partition coefficient (Wildman–Crippen LogP) is 2.35. The van der Waals surface area contributed by atoms with Crippen LogP contribution in [0.1, 0.15) is 15.4 Å². The van der Waals surface area contributed by atoms with Gasteiger partial charge in [0.1, 0.15) is 0 Å². The third-order valence-electron chi connectivity index (χ3n) is 2.22. The molecule has 2 N–H and O–H groups in total. The van der Waals surface area contributed by atoms with Gasteiger partial charge in [0.05, 0.1) is 11.9 Å². The summed E-state index contributed by atoms with van der Waals surface area (Å²) in [6, 6.07) is 3.03. The number of rotatable bonds is 4. The van der Waals surface area contributed by atoms with Gasteiger partial charge in [-0.25, -0.2) is 4.79 Å². The van der Waals surface area contributed by atoms with Crippen molar-refractivity contribution in [1.29, 1.82) is 0 Å².